The summed E-state index contributed by atoms with van der Waals surface area (Å²) >= 11 is 0.843. The molecule has 3 aromatic rings. The molecule has 3 heterocycles. The lowest BCUT2D eigenvalue weighted by molar-refractivity contribution is -0.137. The maximum Gasteiger partial charge on any atom is 0.287 e. The van der Waals surface area contributed by atoms with E-state index < -0.39 is 23.6 Å². The van der Waals surface area contributed by atoms with Crippen molar-refractivity contribution in [3.8, 4) is 11.4 Å². The number of hydrogen-bond acceptors (Lipinski definition) is 8. The first-order valence-electron chi connectivity index (χ1n) is 7.42. The van der Waals surface area contributed by atoms with Gasteiger partial charge in [0, 0.05) is 24.5 Å². The van der Waals surface area contributed by atoms with E-state index >= 15 is 0 Å². The van der Waals surface area contributed by atoms with Crippen molar-refractivity contribution >= 4 is 29.3 Å². The van der Waals surface area contributed by atoms with Crippen molar-refractivity contribution in [2.75, 3.05) is 0 Å². The predicted molar refractivity (Wildman–Crippen MR) is 90.9 cm³/mol. The molecule has 26 heavy (non-hydrogen) atoms. The van der Waals surface area contributed by atoms with Gasteiger partial charge in [0.05, 0.1) is 23.7 Å². The summed E-state index contributed by atoms with van der Waals surface area (Å²) in [6.07, 6.45) is 4.50. The van der Waals surface area contributed by atoms with Crippen molar-refractivity contribution in [2.45, 2.75) is 12.5 Å². The van der Waals surface area contributed by atoms with Gasteiger partial charge in [-0.2, -0.15) is 8.75 Å². The number of imidazole rings is 1. The van der Waals surface area contributed by atoms with Gasteiger partial charge < -0.3 is 16.0 Å². The second-order valence-electron chi connectivity index (χ2n) is 5.21. The first kappa shape index (κ1) is 17.4. The largest absolute Gasteiger partial charge is 0.363 e. The van der Waals surface area contributed by atoms with E-state index in [4.69, 9.17) is 5.73 Å². The van der Waals surface area contributed by atoms with E-state index in [9.17, 15) is 14.4 Å². The Morgan fingerprint density at radius 3 is 2.77 bits per heavy atom. The van der Waals surface area contributed by atoms with Crippen LogP contribution in [0.25, 0.3) is 11.4 Å². The molecule has 0 spiro atoms. The monoisotopic (exact) mass is 371 g/mol. The second kappa shape index (κ2) is 7.61. The lowest BCUT2D eigenvalue weighted by Crippen LogP contribution is -2.47. The van der Waals surface area contributed by atoms with E-state index in [2.05, 4.69) is 29.0 Å². The van der Waals surface area contributed by atoms with Gasteiger partial charge in [-0.15, -0.1) is 0 Å². The molecule has 0 saturated carbocycles. The minimum absolute atomic E-state index is 0.0144. The normalized spacial score (nSPS) is 11.7. The summed E-state index contributed by atoms with van der Waals surface area (Å²) in [6.45, 7) is 0. The van der Waals surface area contributed by atoms with Crippen LogP contribution in [-0.4, -0.2) is 47.3 Å². The van der Waals surface area contributed by atoms with E-state index in [1.165, 1.54) is 12.5 Å². The summed E-state index contributed by atoms with van der Waals surface area (Å²) in [5, 5.41) is 2.49. The van der Waals surface area contributed by atoms with Crippen LogP contribution in [-0.2, 0) is 16.0 Å². The highest BCUT2D eigenvalue weighted by Gasteiger charge is 2.28. The first-order chi connectivity index (χ1) is 12.6. The Kier molecular flexibility index (Phi) is 5.08. The number of nitrogens with two attached hydrogens (primary N) is 1. The molecule has 3 aromatic heterocycles. The van der Waals surface area contributed by atoms with Crippen LogP contribution in [0.2, 0.25) is 0 Å². The summed E-state index contributed by atoms with van der Waals surface area (Å²) < 4.78 is 8.06. The van der Waals surface area contributed by atoms with Gasteiger partial charge in [0.15, 0.2) is 5.69 Å². The van der Waals surface area contributed by atoms with Crippen LogP contribution in [0.3, 0.4) is 0 Å². The van der Waals surface area contributed by atoms with Crippen LogP contribution in [0.1, 0.15) is 16.2 Å². The molecule has 11 heteroatoms. The van der Waals surface area contributed by atoms with Crippen molar-refractivity contribution < 1.29 is 14.4 Å². The molecule has 1 unspecified atom stereocenters. The number of pyridine rings is 1. The van der Waals surface area contributed by atoms with Gasteiger partial charge in [-0.25, -0.2) is 4.98 Å². The third-order valence-corrected chi connectivity index (χ3v) is 3.98. The van der Waals surface area contributed by atoms with Gasteiger partial charge in [-0.1, -0.05) is 6.07 Å². The number of rotatable bonds is 7. The highest BCUT2D eigenvalue weighted by molar-refractivity contribution is 6.99. The Morgan fingerprint density at radius 2 is 2.12 bits per heavy atom. The van der Waals surface area contributed by atoms with Gasteiger partial charge in [0.25, 0.3) is 11.8 Å². The number of amides is 2. The molecule has 0 aliphatic heterocycles. The number of nitrogens with zero attached hydrogens (tertiary/aromatic N) is 4. The van der Waals surface area contributed by atoms with E-state index in [1.807, 2.05) is 0 Å². The average molecular weight is 371 g/mol. The number of aromatic amines is 1. The van der Waals surface area contributed by atoms with E-state index in [0.717, 1.165) is 11.7 Å². The minimum atomic E-state index is -1.15. The Morgan fingerprint density at radius 1 is 1.27 bits per heavy atom. The topological polar surface area (TPSA) is 157 Å². The number of hydrogen-bond donors (Lipinski definition) is 3. The molecule has 0 aliphatic carbocycles. The molecular weight excluding hydrogens is 358 g/mol. The van der Waals surface area contributed by atoms with Gasteiger partial charge in [-0.3, -0.25) is 19.4 Å². The molecule has 132 valence electrons. The van der Waals surface area contributed by atoms with Crippen molar-refractivity contribution in [2.24, 2.45) is 5.73 Å². The molecule has 4 N–H and O–H groups in total. The quantitative estimate of drug-likeness (QED) is 0.482. The van der Waals surface area contributed by atoms with Gasteiger partial charge in [-0.05, 0) is 12.1 Å². The minimum Gasteiger partial charge on any atom is -0.363 e. The van der Waals surface area contributed by atoms with Crippen molar-refractivity contribution in [1.29, 1.82) is 0 Å². The standard InChI is InChI=1S/C15H13N7O3S/c16-14(24)13(23)10(5-8-6-17-7-19-8)20-15(25)12-11(21-26-22-12)9-3-1-2-4-18-9/h1-4,6-7,10H,5H2,(H2,16,24)(H,17,19)(H,20,25). The summed E-state index contributed by atoms with van der Waals surface area (Å²) in [5.41, 5.74) is 6.42. The number of Topliss-reactive ketones (excluding diaryl/α,β-unsaturated/α-hetero) is 1. The zero-order valence-electron chi connectivity index (χ0n) is 13.2. The molecule has 0 aromatic carbocycles. The zero-order valence-corrected chi connectivity index (χ0v) is 14.1. The smallest absolute Gasteiger partial charge is 0.287 e. The highest BCUT2D eigenvalue weighted by atomic mass is 32.1. The van der Waals surface area contributed by atoms with Crippen LogP contribution >= 0.6 is 11.7 Å². The summed E-state index contributed by atoms with van der Waals surface area (Å²) in [5.74, 6) is -2.72. The molecule has 3 rings (SSSR count). The first-order valence-corrected chi connectivity index (χ1v) is 8.15. The molecular formula is C15H13N7O3S. The van der Waals surface area contributed by atoms with E-state index in [-0.39, 0.29) is 12.1 Å². The Hall–Kier alpha value is -3.47. The van der Waals surface area contributed by atoms with E-state index in [0.29, 0.717) is 17.1 Å². The molecule has 2 amide bonds. The fourth-order valence-corrected chi connectivity index (χ4v) is 2.79. The predicted octanol–water partition coefficient (Wildman–Crippen LogP) is -0.281. The number of primary amides is 1. The molecule has 1 atom stereocenters. The SMILES string of the molecule is NC(=O)C(=O)C(Cc1cnc[nH]1)NC(=O)c1nsnc1-c1ccccn1. The number of H-pyrrole nitrogens is 1. The van der Waals surface area contributed by atoms with Crippen LogP contribution in [0, 0.1) is 0 Å². The zero-order chi connectivity index (χ0) is 18.5. The number of ketones is 1. The average Bonchev–Trinajstić information content (AvgIpc) is 3.32. The number of carbonyl (C=O) groups excluding carboxylic acids is 3. The maximum absolute atomic E-state index is 12.6. The third-order valence-electron chi connectivity index (χ3n) is 3.45. The molecule has 0 saturated heterocycles. The molecule has 0 bridgehead atoms. The van der Waals surface area contributed by atoms with E-state index in [1.54, 1.807) is 24.4 Å². The van der Waals surface area contributed by atoms with Crippen molar-refractivity contribution in [1.82, 2.24) is 29.0 Å². The Balaban J connectivity index is 1.83. The molecule has 0 fully saturated rings. The van der Waals surface area contributed by atoms with Gasteiger partial charge in [0.2, 0.25) is 5.78 Å². The second-order valence-corrected chi connectivity index (χ2v) is 5.74. The maximum atomic E-state index is 12.6. The fourth-order valence-electron chi connectivity index (χ4n) is 2.23. The summed E-state index contributed by atoms with van der Waals surface area (Å²) in [7, 11) is 0. The number of nitrogens with one attached hydrogen (secondary N) is 2. The van der Waals surface area contributed by atoms with Crippen molar-refractivity contribution in [3.05, 3.63) is 48.3 Å². The Bertz CT molecular complexity index is 924. The summed E-state index contributed by atoms with van der Waals surface area (Å²) in [4.78, 5) is 46.7. The third kappa shape index (κ3) is 3.78. The molecule has 10 nitrogen and oxygen atoms in total. The van der Waals surface area contributed by atoms with Crippen LogP contribution in [0.5, 0.6) is 0 Å². The highest BCUT2D eigenvalue weighted by Crippen LogP contribution is 2.19. The summed E-state index contributed by atoms with van der Waals surface area (Å²) in [6, 6.07) is 4.01. The number of aromatic nitrogens is 5. The van der Waals surface area contributed by atoms with Crippen molar-refractivity contribution in [3.63, 3.8) is 0 Å². The number of carbonyl (C=O) groups is 3. The lowest BCUT2D eigenvalue weighted by Gasteiger charge is -2.14. The molecule has 0 aliphatic rings. The van der Waals surface area contributed by atoms with Crippen LogP contribution in [0.4, 0.5) is 0 Å². The Labute approximate surface area is 151 Å². The fraction of sp³-hybridized carbons (Fsp3) is 0.133. The lowest BCUT2D eigenvalue weighted by atomic mass is 10.1. The van der Waals surface area contributed by atoms with Crippen LogP contribution in [0.15, 0.2) is 36.9 Å². The molecule has 0 radical (unpaired) electrons. The van der Waals surface area contributed by atoms with Crippen LogP contribution < -0.4 is 11.1 Å². The van der Waals surface area contributed by atoms with Gasteiger partial charge in [0.1, 0.15) is 11.7 Å². The van der Waals surface area contributed by atoms with Gasteiger partial charge >= 0.3 is 0 Å².